The normalized spacial score (nSPS) is 10.8. The topological polar surface area (TPSA) is 70.2 Å². The van der Waals surface area contributed by atoms with E-state index >= 15 is 0 Å². The third-order valence-electron chi connectivity index (χ3n) is 3.63. The van der Waals surface area contributed by atoms with Crippen molar-refractivity contribution in [3.8, 4) is 11.1 Å². The molecule has 1 aromatic heterocycles. The molecule has 3 aromatic rings. The van der Waals surface area contributed by atoms with E-state index in [-0.39, 0.29) is 10.9 Å². The maximum absolute atomic E-state index is 14.3. The lowest BCUT2D eigenvalue weighted by molar-refractivity contribution is 0.0695. The van der Waals surface area contributed by atoms with Gasteiger partial charge >= 0.3 is 5.97 Å². The Morgan fingerprint density at radius 1 is 1.23 bits per heavy atom. The number of aromatic carboxylic acids is 1. The number of hydrogen-bond acceptors (Lipinski definition) is 2. The molecule has 3 rings (SSSR count). The highest BCUT2D eigenvalue weighted by atomic mass is 19.1. The molecule has 0 radical (unpaired) electrons. The zero-order valence-corrected chi connectivity index (χ0v) is 11.7. The second kappa shape index (κ2) is 5.11. The van der Waals surface area contributed by atoms with Gasteiger partial charge < -0.3 is 10.1 Å². The first kappa shape index (κ1) is 14.0. The number of aromatic amines is 1. The molecule has 0 bridgehead atoms. The lowest BCUT2D eigenvalue weighted by atomic mass is 9.98. The summed E-state index contributed by atoms with van der Waals surface area (Å²) in [6.07, 6.45) is 1.02. The van der Waals surface area contributed by atoms with Crippen LogP contribution < -0.4 is 5.43 Å². The van der Waals surface area contributed by atoms with Gasteiger partial charge in [0.2, 0.25) is 5.43 Å². The van der Waals surface area contributed by atoms with Crippen LogP contribution in [0.4, 0.5) is 4.39 Å². The van der Waals surface area contributed by atoms with E-state index in [4.69, 9.17) is 5.11 Å². The molecule has 0 saturated carbocycles. The number of fused-ring (bicyclic) bond motifs is 1. The Morgan fingerprint density at radius 2 is 1.95 bits per heavy atom. The van der Waals surface area contributed by atoms with Crippen LogP contribution in [0.25, 0.3) is 22.0 Å². The molecule has 0 saturated heterocycles. The van der Waals surface area contributed by atoms with E-state index in [1.54, 1.807) is 0 Å². The number of halogens is 1. The van der Waals surface area contributed by atoms with Gasteiger partial charge in [-0.1, -0.05) is 24.3 Å². The Balaban J connectivity index is 2.36. The molecule has 0 fully saturated rings. The summed E-state index contributed by atoms with van der Waals surface area (Å²) >= 11 is 0. The van der Waals surface area contributed by atoms with Crippen LogP contribution in [0.5, 0.6) is 0 Å². The van der Waals surface area contributed by atoms with E-state index in [1.165, 1.54) is 12.1 Å². The van der Waals surface area contributed by atoms with Gasteiger partial charge in [0.1, 0.15) is 11.4 Å². The quantitative estimate of drug-likeness (QED) is 0.762. The van der Waals surface area contributed by atoms with Gasteiger partial charge in [-0.05, 0) is 35.7 Å². The van der Waals surface area contributed by atoms with Gasteiger partial charge in [0.25, 0.3) is 0 Å². The third-order valence-corrected chi connectivity index (χ3v) is 3.63. The van der Waals surface area contributed by atoms with Crippen LogP contribution in [-0.2, 0) is 0 Å². The summed E-state index contributed by atoms with van der Waals surface area (Å²) in [6, 6.07) is 10.3. The Bertz CT molecular complexity index is 960. The maximum atomic E-state index is 14.3. The van der Waals surface area contributed by atoms with Crippen LogP contribution in [0.3, 0.4) is 0 Å². The molecule has 1 heterocycles. The summed E-state index contributed by atoms with van der Waals surface area (Å²) in [5.41, 5.74) is 1.17. The van der Waals surface area contributed by atoms with Gasteiger partial charge in [0, 0.05) is 11.6 Å². The SMILES string of the molecule is Cc1ccccc1-c1cc(F)c2[nH]cc(C(=O)O)c(=O)c2c1. The number of aryl methyl sites for hydroxylation is 1. The van der Waals surface area contributed by atoms with Crippen LogP contribution in [0.1, 0.15) is 15.9 Å². The van der Waals surface area contributed by atoms with Crippen molar-refractivity contribution in [3.63, 3.8) is 0 Å². The number of hydrogen-bond donors (Lipinski definition) is 2. The molecular formula is C17H12FNO3. The molecule has 4 nitrogen and oxygen atoms in total. The van der Waals surface area contributed by atoms with Crippen LogP contribution in [0, 0.1) is 12.7 Å². The Labute approximate surface area is 124 Å². The lowest BCUT2D eigenvalue weighted by Gasteiger charge is -2.08. The number of benzene rings is 2. The summed E-state index contributed by atoms with van der Waals surface area (Å²) in [4.78, 5) is 25.8. The van der Waals surface area contributed by atoms with Gasteiger partial charge in [0.05, 0.1) is 5.52 Å². The molecular weight excluding hydrogens is 285 g/mol. The van der Waals surface area contributed by atoms with Gasteiger partial charge in [0.15, 0.2) is 0 Å². The number of nitrogens with one attached hydrogen (secondary N) is 1. The van der Waals surface area contributed by atoms with Crippen LogP contribution in [0.2, 0.25) is 0 Å². The maximum Gasteiger partial charge on any atom is 0.341 e. The fourth-order valence-corrected chi connectivity index (χ4v) is 2.50. The van der Waals surface area contributed by atoms with Crippen molar-refractivity contribution in [3.05, 3.63) is 69.8 Å². The summed E-state index contributed by atoms with van der Waals surface area (Å²) in [5, 5.41) is 9.04. The molecule has 0 aliphatic heterocycles. The minimum Gasteiger partial charge on any atom is -0.477 e. The summed E-state index contributed by atoms with van der Waals surface area (Å²) < 4.78 is 14.3. The fourth-order valence-electron chi connectivity index (χ4n) is 2.50. The monoisotopic (exact) mass is 297 g/mol. The fraction of sp³-hybridized carbons (Fsp3) is 0.0588. The third kappa shape index (κ3) is 2.16. The van der Waals surface area contributed by atoms with Crippen molar-refractivity contribution in [1.82, 2.24) is 4.98 Å². The van der Waals surface area contributed by atoms with Crippen molar-refractivity contribution in [2.24, 2.45) is 0 Å². The van der Waals surface area contributed by atoms with E-state index < -0.39 is 22.8 Å². The number of rotatable bonds is 2. The molecule has 22 heavy (non-hydrogen) atoms. The number of pyridine rings is 1. The number of carboxylic acids is 1. The average Bonchev–Trinajstić information content (AvgIpc) is 2.48. The van der Waals surface area contributed by atoms with Crippen molar-refractivity contribution >= 4 is 16.9 Å². The van der Waals surface area contributed by atoms with Crippen molar-refractivity contribution in [2.45, 2.75) is 6.92 Å². The minimum atomic E-state index is -1.34. The number of carbonyl (C=O) groups is 1. The molecule has 5 heteroatoms. The molecule has 0 atom stereocenters. The largest absolute Gasteiger partial charge is 0.477 e. The summed E-state index contributed by atoms with van der Waals surface area (Å²) in [7, 11) is 0. The molecule has 0 amide bonds. The molecule has 2 aromatic carbocycles. The predicted octanol–water partition coefficient (Wildman–Crippen LogP) is 3.34. The van der Waals surface area contributed by atoms with Gasteiger partial charge in [-0.2, -0.15) is 0 Å². The first-order valence-electron chi connectivity index (χ1n) is 6.63. The second-order valence-corrected chi connectivity index (χ2v) is 5.03. The standard InChI is InChI=1S/C17H12FNO3/c1-9-4-2-3-5-11(9)10-6-12-15(14(18)7-10)19-8-13(16(12)20)17(21)22/h2-8H,1H3,(H,19,20)(H,21,22). The Morgan fingerprint density at radius 3 is 2.64 bits per heavy atom. The van der Waals surface area contributed by atoms with Gasteiger partial charge in [-0.15, -0.1) is 0 Å². The average molecular weight is 297 g/mol. The van der Waals surface area contributed by atoms with Crippen LogP contribution >= 0.6 is 0 Å². The first-order valence-corrected chi connectivity index (χ1v) is 6.63. The first-order chi connectivity index (χ1) is 10.5. The van der Waals surface area contributed by atoms with Crippen molar-refractivity contribution < 1.29 is 14.3 Å². The Hall–Kier alpha value is -2.95. The molecule has 0 unspecified atom stereocenters. The zero-order chi connectivity index (χ0) is 15.9. The number of carboxylic acid groups (broad SMARTS) is 1. The van der Waals surface area contributed by atoms with Crippen LogP contribution in [-0.4, -0.2) is 16.1 Å². The van der Waals surface area contributed by atoms with E-state index in [0.29, 0.717) is 5.56 Å². The van der Waals surface area contributed by atoms with E-state index in [9.17, 15) is 14.0 Å². The summed E-state index contributed by atoms with van der Waals surface area (Å²) in [5.74, 6) is -1.94. The lowest BCUT2D eigenvalue weighted by Crippen LogP contribution is -2.15. The molecule has 0 aliphatic carbocycles. The van der Waals surface area contributed by atoms with Crippen molar-refractivity contribution in [2.75, 3.05) is 0 Å². The van der Waals surface area contributed by atoms with Gasteiger partial charge in [-0.25, -0.2) is 9.18 Å². The zero-order valence-electron chi connectivity index (χ0n) is 11.7. The van der Waals surface area contributed by atoms with E-state index in [0.717, 1.165) is 17.3 Å². The highest BCUT2D eigenvalue weighted by Gasteiger charge is 2.15. The molecule has 0 aliphatic rings. The minimum absolute atomic E-state index is 0.00679. The summed E-state index contributed by atoms with van der Waals surface area (Å²) in [6.45, 7) is 1.88. The van der Waals surface area contributed by atoms with Gasteiger partial charge in [-0.3, -0.25) is 4.79 Å². The number of aromatic nitrogens is 1. The Kier molecular flexibility index (Phi) is 3.25. The van der Waals surface area contributed by atoms with Crippen molar-refractivity contribution in [1.29, 1.82) is 0 Å². The molecule has 0 spiro atoms. The molecule has 110 valence electrons. The molecule has 2 N–H and O–H groups in total. The van der Waals surface area contributed by atoms with E-state index in [1.807, 2.05) is 31.2 Å². The highest BCUT2D eigenvalue weighted by molar-refractivity contribution is 5.93. The predicted molar refractivity (Wildman–Crippen MR) is 81.7 cm³/mol. The second-order valence-electron chi connectivity index (χ2n) is 5.03. The number of H-pyrrole nitrogens is 1. The smallest absolute Gasteiger partial charge is 0.341 e. The highest BCUT2D eigenvalue weighted by Crippen LogP contribution is 2.27. The van der Waals surface area contributed by atoms with Crippen LogP contribution in [0.15, 0.2) is 47.4 Å². The van der Waals surface area contributed by atoms with E-state index in [2.05, 4.69) is 4.98 Å².